The molecule has 1 heterocycles. The van der Waals surface area contributed by atoms with Crippen LogP contribution in [-0.4, -0.2) is 9.97 Å². The van der Waals surface area contributed by atoms with Gasteiger partial charge in [0, 0.05) is 17.8 Å². The molecule has 0 saturated carbocycles. The Bertz CT molecular complexity index is 680. The van der Waals surface area contributed by atoms with E-state index in [1.807, 2.05) is 19.2 Å². The summed E-state index contributed by atoms with van der Waals surface area (Å²) >= 11 is 0. The van der Waals surface area contributed by atoms with Crippen LogP contribution in [0.5, 0.6) is 0 Å². The first-order chi connectivity index (χ1) is 12.5. The molecule has 2 heteroatoms. The lowest BCUT2D eigenvalue weighted by Crippen LogP contribution is -2.19. The van der Waals surface area contributed by atoms with Gasteiger partial charge in [0.25, 0.3) is 0 Å². The van der Waals surface area contributed by atoms with Crippen LogP contribution in [0, 0.1) is 5.41 Å². The lowest BCUT2D eigenvalue weighted by atomic mass is 9.73. The van der Waals surface area contributed by atoms with E-state index in [1.54, 1.807) is 6.33 Å². The molecule has 1 aromatic heterocycles. The van der Waals surface area contributed by atoms with E-state index in [4.69, 9.17) is 0 Å². The SMILES string of the molecule is C=C/C=C(\C=C/C)C(CC(C)(C)C(/C=C\CC)=C/C=C\C)c1cnc[nH]1. The summed E-state index contributed by atoms with van der Waals surface area (Å²) < 4.78 is 0. The van der Waals surface area contributed by atoms with Crippen LogP contribution >= 0.6 is 0 Å². The van der Waals surface area contributed by atoms with Gasteiger partial charge in [-0.15, -0.1) is 0 Å². The lowest BCUT2D eigenvalue weighted by Gasteiger charge is -2.31. The number of allylic oxidation sites excluding steroid dienone is 11. The topological polar surface area (TPSA) is 28.7 Å². The smallest absolute Gasteiger partial charge is 0.0921 e. The lowest BCUT2D eigenvalue weighted by molar-refractivity contribution is 0.390. The van der Waals surface area contributed by atoms with Gasteiger partial charge in [0.1, 0.15) is 0 Å². The van der Waals surface area contributed by atoms with Crippen LogP contribution in [0.3, 0.4) is 0 Å². The molecule has 0 saturated heterocycles. The van der Waals surface area contributed by atoms with Crippen molar-refractivity contribution in [1.29, 1.82) is 0 Å². The maximum atomic E-state index is 4.25. The van der Waals surface area contributed by atoms with Crippen molar-refractivity contribution in [3.05, 3.63) is 90.6 Å². The van der Waals surface area contributed by atoms with Crippen LogP contribution < -0.4 is 0 Å². The van der Waals surface area contributed by atoms with Gasteiger partial charge in [0.15, 0.2) is 0 Å². The number of nitrogens with one attached hydrogen (secondary N) is 1. The van der Waals surface area contributed by atoms with Gasteiger partial charge in [-0.05, 0) is 43.3 Å². The van der Waals surface area contributed by atoms with E-state index < -0.39 is 0 Å². The van der Waals surface area contributed by atoms with Crippen LogP contribution in [-0.2, 0) is 0 Å². The number of H-pyrrole nitrogens is 1. The third-order valence-electron chi connectivity index (χ3n) is 4.46. The van der Waals surface area contributed by atoms with E-state index in [1.165, 1.54) is 11.1 Å². The first-order valence-corrected chi connectivity index (χ1v) is 9.43. The zero-order valence-electron chi connectivity index (χ0n) is 17.0. The quantitative estimate of drug-likeness (QED) is 0.449. The highest BCUT2D eigenvalue weighted by atomic mass is 14.9. The Balaban J connectivity index is 3.32. The van der Waals surface area contributed by atoms with Gasteiger partial charge < -0.3 is 4.98 Å². The summed E-state index contributed by atoms with van der Waals surface area (Å²) in [4.78, 5) is 7.56. The number of aromatic amines is 1. The molecule has 0 radical (unpaired) electrons. The summed E-state index contributed by atoms with van der Waals surface area (Å²) in [6.07, 6.45) is 24.8. The summed E-state index contributed by atoms with van der Waals surface area (Å²) in [5, 5.41) is 0. The predicted octanol–water partition coefficient (Wildman–Crippen LogP) is 7.07. The summed E-state index contributed by atoms with van der Waals surface area (Å²) in [7, 11) is 0. The monoisotopic (exact) mass is 350 g/mol. The molecule has 0 amide bonds. The third-order valence-corrected chi connectivity index (χ3v) is 4.46. The maximum Gasteiger partial charge on any atom is 0.0921 e. The van der Waals surface area contributed by atoms with Crippen LogP contribution in [0.25, 0.3) is 0 Å². The number of rotatable bonds is 10. The molecule has 0 aliphatic rings. The molecule has 0 aliphatic carbocycles. The Morgan fingerprint density at radius 1 is 1.23 bits per heavy atom. The summed E-state index contributed by atoms with van der Waals surface area (Å²) in [6, 6.07) is 0. The zero-order valence-corrected chi connectivity index (χ0v) is 17.0. The first-order valence-electron chi connectivity index (χ1n) is 9.43. The van der Waals surface area contributed by atoms with Crippen molar-refractivity contribution in [2.24, 2.45) is 5.41 Å². The van der Waals surface area contributed by atoms with Gasteiger partial charge in [-0.1, -0.05) is 82.0 Å². The molecule has 140 valence electrons. The molecule has 1 aromatic rings. The standard InChI is InChI=1S/C24H34N2/c1-7-11-15-21(16-12-8-2)24(5,6)17-22(23-18-25-19-26-23)20(13-9-3)14-10-4/h7,9-16,18-19,22H,3,8,17H2,1-2,4-6H3,(H,25,26)/b11-7-,14-10-,16-12-,20-13+,21-15+. The minimum absolute atomic E-state index is 0.00278. The van der Waals surface area contributed by atoms with Gasteiger partial charge in [-0.25, -0.2) is 4.98 Å². The molecule has 0 spiro atoms. The molecule has 1 N–H and O–H groups in total. The Hall–Kier alpha value is -2.35. The van der Waals surface area contributed by atoms with E-state index in [-0.39, 0.29) is 11.3 Å². The number of aromatic nitrogens is 2. The molecular formula is C24H34N2. The van der Waals surface area contributed by atoms with Crippen molar-refractivity contribution in [3.63, 3.8) is 0 Å². The van der Waals surface area contributed by atoms with Gasteiger partial charge in [0.05, 0.1) is 6.33 Å². The van der Waals surface area contributed by atoms with Crippen molar-refractivity contribution in [2.75, 3.05) is 0 Å². The minimum Gasteiger partial charge on any atom is -0.348 e. The Morgan fingerprint density at radius 3 is 2.54 bits per heavy atom. The van der Waals surface area contributed by atoms with E-state index in [0.29, 0.717) is 0 Å². The zero-order chi connectivity index (χ0) is 19.4. The number of hydrogen-bond acceptors (Lipinski definition) is 1. The fourth-order valence-corrected chi connectivity index (χ4v) is 3.06. The van der Waals surface area contributed by atoms with Gasteiger partial charge in [-0.2, -0.15) is 0 Å². The largest absolute Gasteiger partial charge is 0.348 e. The fourth-order valence-electron chi connectivity index (χ4n) is 3.06. The van der Waals surface area contributed by atoms with E-state index in [0.717, 1.165) is 18.5 Å². The third kappa shape index (κ3) is 6.51. The minimum atomic E-state index is 0.00278. The summed E-state index contributed by atoms with van der Waals surface area (Å²) in [5.74, 6) is 0.228. The average Bonchev–Trinajstić information content (AvgIpc) is 3.14. The fraction of sp³-hybridized carbons (Fsp3) is 0.375. The van der Waals surface area contributed by atoms with Crippen LogP contribution in [0.15, 0.2) is 84.9 Å². The average molecular weight is 351 g/mol. The molecule has 26 heavy (non-hydrogen) atoms. The maximum absolute atomic E-state index is 4.25. The molecule has 0 aromatic carbocycles. The second-order valence-corrected chi connectivity index (χ2v) is 7.01. The van der Waals surface area contributed by atoms with Gasteiger partial charge in [0.2, 0.25) is 0 Å². The highest BCUT2D eigenvalue weighted by molar-refractivity contribution is 5.36. The number of hydrogen-bond donors (Lipinski definition) is 1. The van der Waals surface area contributed by atoms with E-state index in [9.17, 15) is 0 Å². The number of nitrogens with zero attached hydrogens (tertiary/aromatic N) is 1. The molecular weight excluding hydrogens is 316 g/mol. The number of imidazole rings is 1. The van der Waals surface area contributed by atoms with Crippen molar-refractivity contribution in [3.8, 4) is 0 Å². The summed E-state index contributed by atoms with van der Waals surface area (Å²) in [6.45, 7) is 14.8. The Morgan fingerprint density at radius 2 is 2.00 bits per heavy atom. The predicted molar refractivity (Wildman–Crippen MR) is 115 cm³/mol. The Labute approximate surface area is 159 Å². The highest BCUT2D eigenvalue weighted by Gasteiger charge is 2.29. The molecule has 0 fully saturated rings. The van der Waals surface area contributed by atoms with Crippen molar-refractivity contribution in [1.82, 2.24) is 9.97 Å². The first kappa shape index (κ1) is 21.7. The summed E-state index contributed by atoms with van der Waals surface area (Å²) in [5.41, 5.74) is 3.71. The van der Waals surface area contributed by atoms with E-state index in [2.05, 4.69) is 92.9 Å². The van der Waals surface area contributed by atoms with Crippen molar-refractivity contribution in [2.45, 2.75) is 53.4 Å². The molecule has 1 rings (SSSR count). The molecule has 0 bridgehead atoms. The molecule has 1 unspecified atom stereocenters. The normalized spacial score (nSPS) is 15.4. The second kappa shape index (κ2) is 11.3. The molecule has 1 atom stereocenters. The van der Waals surface area contributed by atoms with E-state index >= 15 is 0 Å². The Kier molecular flexibility index (Phi) is 9.43. The molecule has 0 aliphatic heterocycles. The van der Waals surface area contributed by atoms with Gasteiger partial charge >= 0.3 is 0 Å². The molecule has 2 nitrogen and oxygen atoms in total. The second-order valence-electron chi connectivity index (χ2n) is 7.01. The van der Waals surface area contributed by atoms with Crippen LogP contribution in [0.1, 0.15) is 59.1 Å². The highest BCUT2D eigenvalue weighted by Crippen LogP contribution is 2.41. The van der Waals surface area contributed by atoms with Crippen molar-refractivity contribution < 1.29 is 0 Å². The van der Waals surface area contributed by atoms with Crippen LogP contribution in [0.4, 0.5) is 0 Å². The van der Waals surface area contributed by atoms with Crippen LogP contribution in [0.2, 0.25) is 0 Å². The van der Waals surface area contributed by atoms with Gasteiger partial charge in [-0.3, -0.25) is 0 Å². The van der Waals surface area contributed by atoms with Crippen molar-refractivity contribution >= 4 is 0 Å².